The van der Waals surface area contributed by atoms with E-state index in [4.69, 9.17) is 4.74 Å². The van der Waals surface area contributed by atoms with Crippen molar-refractivity contribution in [2.75, 3.05) is 13.9 Å². The second kappa shape index (κ2) is 12.8. The molecule has 0 aliphatic heterocycles. The average molecular weight is 272 g/mol. The van der Waals surface area contributed by atoms with Gasteiger partial charge in [0.15, 0.2) is 12.6 Å². The first kappa shape index (κ1) is 26.0. The lowest BCUT2D eigenvalue weighted by Crippen LogP contribution is -2.07. The number of benzene rings is 1. The first-order valence-corrected chi connectivity index (χ1v) is 4.42. The van der Waals surface area contributed by atoms with Crippen molar-refractivity contribution < 1.29 is 19.1 Å². The van der Waals surface area contributed by atoms with Gasteiger partial charge in [-0.15, -0.1) is 0 Å². The molecule has 1 rings (SSSR count). The van der Waals surface area contributed by atoms with E-state index in [1.54, 1.807) is 24.3 Å². The number of Topliss-reactive ketones (excluding diaryl/α,β-unsaturated/α-hetero) is 1. The summed E-state index contributed by atoms with van der Waals surface area (Å²) >= 11 is 0. The Labute approximate surface area is 117 Å². The van der Waals surface area contributed by atoms with Gasteiger partial charge in [-0.1, -0.05) is 41.8 Å². The lowest BCUT2D eigenvalue weighted by atomic mass is 10.1. The maximum absolute atomic E-state index is 11.3. The van der Waals surface area contributed by atoms with Crippen LogP contribution in [0.15, 0.2) is 24.3 Å². The van der Waals surface area contributed by atoms with Crippen molar-refractivity contribution >= 4 is 11.8 Å². The molecule has 0 bridgehead atoms. The highest BCUT2D eigenvalue weighted by molar-refractivity contribution is 5.96. The van der Waals surface area contributed by atoms with E-state index in [0.717, 1.165) is 0 Å². The Morgan fingerprint density at radius 1 is 0.947 bits per heavy atom. The topological polar surface area (TPSA) is 52.6 Å². The third-order valence-corrected chi connectivity index (χ3v) is 1.83. The zero-order valence-electron chi connectivity index (χ0n) is 8.65. The molecule has 0 aromatic heterocycles. The van der Waals surface area contributed by atoms with Crippen molar-refractivity contribution in [3.05, 3.63) is 35.4 Å². The van der Waals surface area contributed by atoms with Gasteiger partial charge >= 0.3 is 5.97 Å². The van der Waals surface area contributed by atoms with Crippen LogP contribution in [0.4, 0.5) is 0 Å². The molecule has 0 spiro atoms. The minimum absolute atomic E-state index is 0. The summed E-state index contributed by atoms with van der Waals surface area (Å²) in [7, 11) is 1.44. The molecule has 1 aromatic rings. The first-order chi connectivity index (χ1) is 7.15. The molecular weight excluding hydrogens is 244 g/mol. The second-order valence-corrected chi connectivity index (χ2v) is 2.97. The van der Waals surface area contributed by atoms with Gasteiger partial charge in [-0.25, -0.2) is 4.79 Å². The van der Waals surface area contributed by atoms with Gasteiger partial charge in [-0.2, -0.15) is 0 Å². The predicted molar refractivity (Wildman–Crippen MR) is 80.7 cm³/mol. The van der Waals surface area contributed by atoms with E-state index in [-0.39, 0.29) is 42.3 Å². The van der Waals surface area contributed by atoms with Gasteiger partial charge in [-0.05, 0) is 19.1 Å². The molecule has 0 aliphatic rings. The quantitative estimate of drug-likeness (QED) is 0.468. The van der Waals surface area contributed by atoms with Crippen molar-refractivity contribution in [2.45, 2.75) is 36.6 Å². The van der Waals surface area contributed by atoms with E-state index >= 15 is 0 Å². The van der Waals surface area contributed by atoms with Crippen molar-refractivity contribution in [2.24, 2.45) is 0 Å². The monoisotopic (exact) mass is 272 g/mol. The fourth-order valence-electron chi connectivity index (χ4n) is 1.04. The molecule has 19 heavy (non-hydrogen) atoms. The van der Waals surface area contributed by atoms with Crippen LogP contribution in [0.1, 0.15) is 57.3 Å². The summed E-state index contributed by atoms with van der Waals surface area (Å²) in [6.07, 6.45) is 0. The number of rotatable bonds is 4. The molecular formula is C15H28O4. The lowest BCUT2D eigenvalue weighted by Gasteiger charge is -2.03. The molecule has 0 fully saturated rings. The van der Waals surface area contributed by atoms with Crippen LogP contribution < -0.4 is 0 Å². The van der Waals surface area contributed by atoms with Gasteiger partial charge in [0.25, 0.3) is 0 Å². The highest BCUT2D eigenvalue weighted by Crippen LogP contribution is 2.06. The molecule has 112 valence electrons. The minimum Gasteiger partial charge on any atom is -0.435 e. The maximum atomic E-state index is 11.3. The molecule has 0 atom stereocenters. The van der Waals surface area contributed by atoms with E-state index in [2.05, 4.69) is 4.74 Å². The summed E-state index contributed by atoms with van der Waals surface area (Å²) in [6.45, 7) is 1.39. The summed E-state index contributed by atoms with van der Waals surface area (Å²) < 4.78 is 9.33. The third kappa shape index (κ3) is 8.11. The molecule has 0 amide bonds. The van der Waals surface area contributed by atoms with Crippen LogP contribution in [0.25, 0.3) is 0 Å². The average Bonchev–Trinajstić information content (AvgIpc) is 2.26. The number of carbonyl (C=O) groups excluding carboxylic acids is 2. The van der Waals surface area contributed by atoms with Crippen molar-refractivity contribution in [3.8, 4) is 0 Å². The molecule has 0 radical (unpaired) electrons. The smallest absolute Gasteiger partial charge is 0.340 e. The fraction of sp³-hybridized carbons (Fsp3) is 0.467. The molecule has 0 saturated heterocycles. The van der Waals surface area contributed by atoms with E-state index in [9.17, 15) is 9.59 Å². The number of ketones is 1. The van der Waals surface area contributed by atoms with Gasteiger partial charge in [0.05, 0.1) is 5.56 Å². The van der Waals surface area contributed by atoms with Crippen LogP contribution in [0.5, 0.6) is 0 Å². The normalized spacial score (nSPS) is 7.68. The van der Waals surface area contributed by atoms with Crippen LogP contribution in [-0.4, -0.2) is 25.7 Å². The lowest BCUT2D eigenvalue weighted by molar-refractivity contribution is -0.0125. The summed E-state index contributed by atoms with van der Waals surface area (Å²) in [6, 6.07) is 6.28. The Bertz CT molecular complexity index is 355. The number of hydrogen-bond donors (Lipinski definition) is 0. The molecule has 0 N–H and O–H groups in total. The van der Waals surface area contributed by atoms with Crippen LogP contribution >= 0.6 is 0 Å². The highest BCUT2D eigenvalue weighted by atomic mass is 16.7. The van der Waals surface area contributed by atoms with E-state index in [1.807, 2.05) is 0 Å². The number of ether oxygens (including phenoxy) is 2. The van der Waals surface area contributed by atoms with Crippen molar-refractivity contribution in [3.63, 3.8) is 0 Å². The Kier molecular flexibility index (Phi) is 17.5. The summed E-state index contributed by atoms with van der Waals surface area (Å²) in [5.74, 6) is -0.501. The fourth-order valence-corrected chi connectivity index (χ4v) is 1.04. The van der Waals surface area contributed by atoms with Crippen LogP contribution in [-0.2, 0) is 9.47 Å². The Balaban J connectivity index is -0.000000281. The molecule has 0 saturated carbocycles. The first-order valence-electron chi connectivity index (χ1n) is 4.42. The van der Waals surface area contributed by atoms with Gasteiger partial charge < -0.3 is 9.47 Å². The molecule has 1 aromatic carbocycles. The number of esters is 1. The Morgan fingerprint density at radius 2 is 1.37 bits per heavy atom. The second-order valence-electron chi connectivity index (χ2n) is 2.97. The Morgan fingerprint density at radius 3 is 1.74 bits per heavy atom. The van der Waals surface area contributed by atoms with Gasteiger partial charge in [-0.3, -0.25) is 4.79 Å². The molecule has 0 unspecified atom stereocenters. The highest BCUT2D eigenvalue weighted by Gasteiger charge is 2.07. The minimum atomic E-state index is -0.466. The summed E-state index contributed by atoms with van der Waals surface area (Å²) in [4.78, 5) is 22.3. The third-order valence-electron chi connectivity index (χ3n) is 1.83. The molecule has 0 aliphatic carbocycles. The predicted octanol–water partition coefficient (Wildman–Crippen LogP) is 4.19. The summed E-state index contributed by atoms with van der Waals surface area (Å²) in [5.41, 5.74) is 0.968. The Hall–Kier alpha value is -1.68. The van der Waals surface area contributed by atoms with Crippen molar-refractivity contribution in [1.29, 1.82) is 0 Å². The van der Waals surface area contributed by atoms with E-state index in [1.165, 1.54) is 14.0 Å². The summed E-state index contributed by atoms with van der Waals surface area (Å²) in [5, 5.41) is 0. The number of hydrogen-bond acceptors (Lipinski definition) is 4. The molecule has 4 nitrogen and oxygen atoms in total. The molecule has 4 heteroatoms. The largest absolute Gasteiger partial charge is 0.435 e. The van der Waals surface area contributed by atoms with Gasteiger partial charge in [0.1, 0.15) is 0 Å². The van der Waals surface area contributed by atoms with E-state index < -0.39 is 5.97 Å². The van der Waals surface area contributed by atoms with Gasteiger partial charge in [0, 0.05) is 12.7 Å². The van der Waals surface area contributed by atoms with Crippen molar-refractivity contribution in [1.82, 2.24) is 0 Å². The zero-order valence-corrected chi connectivity index (χ0v) is 8.65. The zero-order chi connectivity index (χ0) is 11.3. The standard InChI is InChI=1S/C11H12O4.4CH4/c1-8(12)9-3-5-10(6-4-9)11(13)15-7-14-2;;;;/h3-6H,7H2,1-2H3;4*1H4. The number of carbonyl (C=O) groups is 2. The van der Waals surface area contributed by atoms with Crippen LogP contribution in [0, 0.1) is 0 Å². The SMILES string of the molecule is C.C.C.C.COCOC(=O)c1ccc(C(C)=O)cc1. The number of methoxy groups -OCH3 is 1. The maximum Gasteiger partial charge on any atom is 0.340 e. The van der Waals surface area contributed by atoms with Crippen LogP contribution in [0.2, 0.25) is 0 Å². The van der Waals surface area contributed by atoms with Gasteiger partial charge in [0.2, 0.25) is 0 Å². The van der Waals surface area contributed by atoms with E-state index in [0.29, 0.717) is 11.1 Å². The van der Waals surface area contributed by atoms with Crippen LogP contribution in [0.3, 0.4) is 0 Å². The molecule has 0 heterocycles.